The summed E-state index contributed by atoms with van der Waals surface area (Å²) in [5.41, 5.74) is 1.33. The van der Waals surface area contributed by atoms with Crippen LogP contribution in [0.3, 0.4) is 0 Å². The van der Waals surface area contributed by atoms with Crippen LogP contribution in [0.15, 0.2) is 28.8 Å². The zero-order valence-corrected chi connectivity index (χ0v) is 17.0. The highest BCUT2D eigenvalue weighted by molar-refractivity contribution is 5.68. The van der Waals surface area contributed by atoms with Crippen LogP contribution >= 0.6 is 0 Å². The predicted octanol–water partition coefficient (Wildman–Crippen LogP) is 3.27. The molecule has 0 aliphatic carbocycles. The molecule has 1 aromatic carbocycles. The van der Waals surface area contributed by atoms with Crippen LogP contribution in [0.4, 0.5) is 10.7 Å². The van der Waals surface area contributed by atoms with E-state index in [4.69, 9.17) is 14.5 Å². The summed E-state index contributed by atoms with van der Waals surface area (Å²) in [5.74, 6) is 1.55. The molecule has 1 atom stereocenters. The zero-order valence-electron chi connectivity index (χ0n) is 17.0. The van der Waals surface area contributed by atoms with E-state index in [0.717, 1.165) is 25.1 Å². The lowest BCUT2D eigenvalue weighted by molar-refractivity contribution is 0.0291. The molecular formula is C21H25N5O3. The molecule has 8 nitrogen and oxygen atoms in total. The van der Waals surface area contributed by atoms with Gasteiger partial charge in [0.15, 0.2) is 0 Å². The van der Waals surface area contributed by atoms with Crippen LogP contribution in [0, 0.1) is 11.3 Å². The second-order valence-electron chi connectivity index (χ2n) is 8.68. The minimum absolute atomic E-state index is 0.0353. The highest BCUT2D eigenvalue weighted by atomic mass is 16.6. The van der Waals surface area contributed by atoms with Crippen LogP contribution in [-0.2, 0) is 4.74 Å². The van der Waals surface area contributed by atoms with Crippen molar-refractivity contribution < 1.29 is 14.1 Å². The normalized spacial score (nSPS) is 19.7. The first-order valence-electron chi connectivity index (χ1n) is 9.89. The Kier molecular flexibility index (Phi) is 4.91. The molecule has 1 aromatic heterocycles. The molecule has 4 rings (SSSR count). The standard InChI is InChI=1S/C21H25N5O3/c1-21(2,3)28-20(27)25-8-7-16(11-25)18-23-19(24-29-18)26-12-17(13-26)15-6-4-5-14(9-15)10-22/h4-6,9,16-17H,7-8,11-13H2,1-3H3. The number of ether oxygens (including phenoxy) is 1. The van der Waals surface area contributed by atoms with Gasteiger partial charge >= 0.3 is 6.09 Å². The number of rotatable bonds is 3. The SMILES string of the molecule is CC(C)(C)OC(=O)N1CCC(c2nc(N3CC(c4cccc(C#N)c4)C3)no2)C1. The van der Waals surface area contributed by atoms with E-state index in [1.54, 1.807) is 4.90 Å². The number of carbonyl (C=O) groups excluding carboxylic acids is 1. The molecule has 2 fully saturated rings. The molecule has 8 heteroatoms. The van der Waals surface area contributed by atoms with Crippen LogP contribution in [-0.4, -0.2) is 52.9 Å². The highest BCUT2D eigenvalue weighted by Crippen LogP contribution is 2.33. The van der Waals surface area contributed by atoms with Gasteiger partial charge in [-0.2, -0.15) is 10.2 Å². The van der Waals surface area contributed by atoms with Gasteiger partial charge in [0.1, 0.15) is 5.60 Å². The van der Waals surface area contributed by atoms with Gasteiger partial charge in [-0.1, -0.05) is 12.1 Å². The number of amides is 1. The van der Waals surface area contributed by atoms with E-state index >= 15 is 0 Å². The topological polar surface area (TPSA) is 95.5 Å². The van der Waals surface area contributed by atoms with Crippen molar-refractivity contribution in [1.82, 2.24) is 15.0 Å². The molecule has 2 aliphatic rings. The fraction of sp³-hybridized carbons (Fsp3) is 0.524. The number of nitriles is 1. The van der Waals surface area contributed by atoms with Crippen molar-refractivity contribution in [2.24, 2.45) is 0 Å². The molecule has 2 aromatic rings. The quantitative estimate of drug-likeness (QED) is 0.787. The van der Waals surface area contributed by atoms with E-state index in [0.29, 0.717) is 36.4 Å². The maximum absolute atomic E-state index is 12.2. The highest BCUT2D eigenvalue weighted by Gasteiger charge is 2.36. The lowest BCUT2D eigenvalue weighted by Gasteiger charge is -2.38. The minimum Gasteiger partial charge on any atom is -0.444 e. The van der Waals surface area contributed by atoms with Crippen molar-refractivity contribution in [1.29, 1.82) is 5.26 Å². The Morgan fingerprint density at radius 3 is 2.79 bits per heavy atom. The van der Waals surface area contributed by atoms with Crippen molar-refractivity contribution >= 4 is 12.0 Å². The molecule has 29 heavy (non-hydrogen) atoms. The Morgan fingerprint density at radius 1 is 1.28 bits per heavy atom. The Morgan fingerprint density at radius 2 is 2.07 bits per heavy atom. The fourth-order valence-corrected chi connectivity index (χ4v) is 3.69. The van der Waals surface area contributed by atoms with Gasteiger partial charge in [-0.05, 0) is 50.0 Å². The average Bonchev–Trinajstić information content (AvgIpc) is 3.29. The summed E-state index contributed by atoms with van der Waals surface area (Å²) in [6.07, 6.45) is 0.481. The first-order chi connectivity index (χ1) is 13.8. The van der Waals surface area contributed by atoms with Gasteiger partial charge in [0.05, 0.1) is 17.6 Å². The Hall–Kier alpha value is -3.08. The van der Waals surface area contributed by atoms with Crippen LogP contribution in [0.5, 0.6) is 0 Å². The molecule has 0 radical (unpaired) electrons. The van der Waals surface area contributed by atoms with Crippen molar-refractivity contribution in [3.63, 3.8) is 0 Å². The molecule has 1 amide bonds. The molecule has 1 unspecified atom stereocenters. The second kappa shape index (κ2) is 7.39. The van der Waals surface area contributed by atoms with Gasteiger partial charge in [-0.15, -0.1) is 0 Å². The van der Waals surface area contributed by atoms with Gasteiger partial charge in [0, 0.05) is 32.1 Å². The number of nitrogens with zero attached hydrogens (tertiary/aromatic N) is 5. The summed E-state index contributed by atoms with van der Waals surface area (Å²) >= 11 is 0. The van der Waals surface area contributed by atoms with E-state index in [1.807, 2.05) is 45.0 Å². The molecule has 152 valence electrons. The molecular weight excluding hydrogens is 370 g/mol. The van der Waals surface area contributed by atoms with Crippen molar-refractivity contribution in [3.8, 4) is 6.07 Å². The summed E-state index contributed by atoms with van der Waals surface area (Å²) < 4.78 is 10.9. The van der Waals surface area contributed by atoms with Gasteiger partial charge < -0.3 is 19.1 Å². The monoisotopic (exact) mass is 395 g/mol. The molecule has 3 heterocycles. The van der Waals surface area contributed by atoms with Crippen molar-refractivity contribution in [2.75, 3.05) is 31.1 Å². The summed E-state index contributed by atoms with van der Waals surface area (Å²) in [6, 6.07) is 9.90. The lowest BCUT2D eigenvalue weighted by atomic mass is 9.91. The maximum atomic E-state index is 12.2. The van der Waals surface area contributed by atoms with Crippen LogP contribution in [0.1, 0.15) is 56.0 Å². The van der Waals surface area contributed by atoms with E-state index in [1.165, 1.54) is 0 Å². The summed E-state index contributed by atoms with van der Waals surface area (Å²) in [7, 11) is 0. The summed E-state index contributed by atoms with van der Waals surface area (Å²) in [4.78, 5) is 20.6. The molecule has 2 saturated heterocycles. The third kappa shape index (κ3) is 4.19. The van der Waals surface area contributed by atoms with Crippen molar-refractivity contribution in [3.05, 3.63) is 41.3 Å². The maximum Gasteiger partial charge on any atom is 0.410 e. The number of likely N-dealkylation sites (tertiary alicyclic amines) is 1. The smallest absolute Gasteiger partial charge is 0.410 e. The van der Waals surface area contributed by atoms with Crippen LogP contribution in [0.25, 0.3) is 0 Å². The first-order valence-corrected chi connectivity index (χ1v) is 9.89. The largest absolute Gasteiger partial charge is 0.444 e. The van der Waals surface area contributed by atoms with E-state index in [-0.39, 0.29) is 12.0 Å². The fourth-order valence-electron chi connectivity index (χ4n) is 3.69. The molecule has 2 aliphatic heterocycles. The molecule has 0 saturated carbocycles. The van der Waals surface area contributed by atoms with E-state index in [9.17, 15) is 4.79 Å². The van der Waals surface area contributed by atoms with E-state index in [2.05, 4.69) is 21.1 Å². The third-order valence-corrected chi connectivity index (χ3v) is 5.27. The van der Waals surface area contributed by atoms with Gasteiger partial charge in [0.2, 0.25) is 5.89 Å². The Balaban J connectivity index is 1.33. The number of carbonyl (C=O) groups is 1. The second-order valence-corrected chi connectivity index (χ2v) is 8.68. The number of benzene rings is 1. The van der Waals surface area contributed by atoms with Gasteiger partial charge in [-0.3, -0.25) is 0 Å². The van der Waals surface area contributed by atoms with Crippen LogP contribution in [0.2, 0.25) is 0 Å². The number of hydrogen-bond donors (Lipinski definition) is 0. The van der Waals surface area contributed by atoms with Gasteiger partial charge in [-0.25, -0.2) is 4.79 Å². The Bertz CT molecular complexity index is 936. The Labute approximate surface area is 170 Å². The zero-order chi connectivity index (χ0) is 20.6. The molecule has 0 N–H and O–H groups in total. The lowest BCUT2D eigenvalue weighted by Crippen LogP contribution is -2.45. The third-order valence-electron chi connectivity index (χ3n) is 5.27. The minimum atomic E-state index is -0.506. The number of aromatic nitrogens is 2. The summed E-state index contributed by atoms with van der Waals surface area (Å²) in [6.45, 7) is 8.32. The summed E-state index contributed by atoms with van der Waals surface area (Å²) in [5, 5.41) is 13.2. The molecule has 0 bridgehead atoms. The van der Waals surface area contributed by atoms with Crippen molar-refractivity contribution in [2.45, 2.75) is 44.6 Å². The average molecular weight is 395 g/mol. The van der Waals surface area contributed by atoms with Crippen LogP contribution < -0.4 is 4.90 Å². The number of anilines is 1. The molecule has 0 spiro atoms. The van der Waals surface area contributed by atoms with E-state index < -0.39 is 5.60 Å². The predicted molar refractivity (Wildman–Crippen MR) is 106 cm³/mol. The van der Waals surface area contributed by atoms with Gasteiger partial charge in [0.25, 0.3) is 5.95 Å². The number of hydrogen-bond acceptors (Lipinski definition) is 7. The first kappa shape index (κ1) is 19.2.